The van der Waals surface area contributed by atoms with Gasteiger partial charge in [-0.3, -0.25) is 37.3 Å². The lowest BCUT2D eigenvalue weighted by Gasteiger charge is -2.21. The van der Waals surface area contributed by atoms with Gasteiger partial charge in [0, 0.05) is 25.7 Å². The Hall–Kier alpha value is -1.94. The van der Waals surface area contributed by atoms with Crippen LogP contribution in [0.5, 0.6) is 0 Å². The molecule has 0 saturated carbocycles. The molecule has 80 heavy (non-hydrogen) atoms. The van der Waals surface area contributed by atoms with Crippen LogP contribution in [0.4, 0.5) is 0 Å². The van der Waals surface area contributed by atoms with E-state index >= 15 is 0 Å². The van der Waals surface area contributed by atoms with Gasteiger partial charge < -0.3 is 33.8 Å². The molecule has 0 rings (SSSR count). The van der Waals surface area contributed by atoms with E-state index < -0.39 is 97.5 Å². The summed E-state index contributed by atoms with van der Waals surface area (Å²) < 4.78 is 67.8. The van der Waals surface area contributed by atoms with E-state index in [2.05, 4.69) is 48.5 Å². The third-order valence-corrected chi connectivity index (χ3v) is 16.1. The molecule has 6 atom stereocenters. The Morgan fingerprint density at radius 2 is 0.637 bits per heavy atom. The molecule has 0 aliphatic heterocycles. The van der Waals surface area contributed by atoms with Crippen molar-refractivity contribution in [2.24, 2.45) is 17.8 Å². The van der Waals surface area contributed by atoms with Crippen LogP contribution in [-0.4, -0.2) is 96.7 Å². The van der Waals surface area contributed by atoms with Gasteiger partial charge in [-0.15, -0.1) is 0 Å². The molecule has 0 heterocycles. The molecule has 474 valence electrons. The summed E-state index contributed by atoms with van der Waals surface area (Å²) in [6.07, 6.45) is 32.2. The van der Waals surface area contributed by atoms with Crippen LogP contribution in [-0.2, 0) is 65.4 Å². The fourth-order valence-electron chi connectivity index (χ4n) is 8.92. The highest BCUT2D eigenvalue weighted by Gasteiger charge is 2.30. The topological polar surface area (TPSA) is 237 Å². The quantitative estimate of drug-likeness (QED) is 0.0222. The monoisotopic (exact) mass is 1180 g/mol. The predicted octanol–water partition coefficient (Wildman–Crippen LogP) is 16.3. The number of phosphoric acid groups is 2. The standard InChI is InChI=1S/C61H118O17P2/c1-8-10-11-12-13-14-20-28-35-42-58(63)71-49-57(78-61(66)45-38-31-24-23-27-34-41-54(7)9-2)51-76-80(69,70)74-47-55(62)46-73-79(67,68)75-50-56(48-72-59(64)43-36-29-22-17-19-26-33-40-53(5)6)77-60(65)44-37-30-21-16-15-18-25-32-39-52(3)4/h52-57,62H,8-51H2,1-7H3,(H,67,68)(H,69,70)/t54?,55-,56-,57-/m1/s1. The van der Waals surface area contributed by atoms with Crippen LogP contribution in [0.25, 0.3) is 0 Å². The third kappa shape index (κ3) is 54.0. The molecular formula is C61H118O17P2. The largest absolute Gasteiger partial charge is 0.472 e. The van der Waals surface area contributed by atoms with Crippen LogP contribution >= 0.6 is 15.6 Å². The summed E-state index contributed by atoms with van der Waals surface area (Å²) in [7, 11) is -9.88. The SMILES string of the molecule is CCCCCCCCCCCC(=O)OC[C@H](COP(=O)(O)OC[C@H](O)COP(=O)(O)OC[C@@H](COC(=O)CCCCCCCCCC(C)C)OC(=O)CCCCCCCCCCC(C)C)OC(=O)CCCCCCCCC(C)CC. The molecule has 3 unspecified atom stereocenters. The smallest absolute Gasteiger partial charge is 0.462 e. The Morgan fingerprint density at radius 1 is 0.362 bits per heavy atom. The van der Waals surface area contributed by atoms with Gasteiger partial charge in [0.15, 0.2) is 12.2 Å². The zero-order valence-electron chi connectivity index (χ0n) is 51.5. The number of phosphoric ester groups is 2. The first-order valence-corrected chi connectivity index (χ1v) is 34.9. The zero-order chi connectivity index (χ0) is 59.5. The number of esters is 4. The van der Waals surface area contributed by atoms with Gasteiger partial charge in [-0.25, -0.2) is 9.13 Å². The average molecular weight is 1190 g/mol. The minimum absolute atomic E-state index is 0.102. The van der Waals surface area contributed by atoms with Crippen LogP contribution in [0.15, 0.2) is 0 Å². The number of hydrogen-bond donors (Lipinski definition) is 3. The van der Waals surface area contributed by atoms with E-state index in [0.29, 0.717) is 31.6 Å². The molecule has 3 N–H and O–H groups in total. The Balaban J connectivity index is 5.25. The van der Waals surface area contributed by atoms with Crippen molar-refractivity contribution in [1.29, 1.82) is 0 Å². The first kappa shape index (κ1) is 78.1. The molecule has 17 nitrogen and oxygen atoms in total. The van der Waals surface area contributed by atoms with Crippen molar-refractivity contribution >= 4 is 39.5 Å². The van der Waals surface area contributed by atoms with Gasteiger partial charge in [0.25, 0.3) is 0 Å². The van der Waals surface area contributed by atoms with E-state index in [-0.39, 0.29) is 25.7 Å². The van der Waals surface area contributed by atoms with Crippen molar-refractivity contribution in [1.82, 2.24) is 0 Å². The molecular weight excluding hydrogens is 1070 g/mol. The highest BCUT2D eigenvalue weighted by atomic mass is 31.2. The van der Waals surface area contributed by atoms with Gasteiger partial charge >= 0.3 is 39.5 Å². The first-order valence-electron chi connectivity index (χ1n) is 31.9. The average Bonchev–Trinajstić information content (AvgIpc) is 3.41. The fourth-order valence-corrected chi connectivity index (χ4v) is 10.5. The van der Waals surface area contributed by atoms with Crippen molar-refractivity contribution in [3.05, 3.63) is 0 Å². The number of hydrogen-bond acceptors (Lipinski definition) is 15. The second-order valence-corrected chi connectivity index (χ2v) is 26.2. The normalized spacial score (nSPS) is 14.8. The summed E-state index contributed by atoms with van der Waals surface area (Å²) in [4.78, 5) is 72.0. The third-order valence-electron chi connectivity index (χ3n) is 14.2. The molecule has 0 fully saturated rings. The Morgan fingerprint density at radius 3 is 0.950 bits per heavy atom. The van der Waals surface area contributed by atoms with Crippen molar-refractivity contribution in [2.45, 2.75) is 311 Å². The maximum absolute atomic E-state index is 12.9. The van der Waals surface area contributed by atoms with Crippen molar-refractivity contribution < 1.29 is 80.2 Å². The van der Waals surface area contributed by atoms with Gasteiger partial charge in [-0.05, 0) is 43.4 Å². The van der Waals surface area contributed by atoms with Crippen LogP contribution in [0.2, 0.25) is 0 Å². The van der Waals surface area contributed by atoms with Crippen LogP contribution in [0.1, 0.15) is 292 Å². The van der Waals surface area contributed by atoms with Crippen LogP contribution < -0.4 is 0 Å². The number of aliphatic hydroxyl groups excluding tert-OH is 1. The predicted molar refractivity (Wildman–Crippen MR) is 317 cm³/mol. The van der Waals surface area contributed by atoms with Crippen LogP contribution in [0.3, 0.4) is 0 Å². The minimum Gasteiger partial charge on any atom is -0.462 e. The van der Waals surface area contributed by atoms with E-state index in [1.54, 1.807) is 0 Å². The van der Waals surface area contributed by atoms with Gasteiger partial charge in [-0.2, -0.15) is 0 Å². The van der Waals surface area contributed by atoms with Gasteiger partial charge in [-0.1, -0.05) is 241 Å². The lowest BCUT2D eigenvalue weighted by atomic mass is 10.00. The summed E-state index contributed by atoms with van der Waals surface area (Å²) in [6, 6.07) is 0. The highest BCUT2D eigenvalue weighted by Crippen LogP contribution is 2.45. The Labute approximate surface area is 486 Å². The van der Waals surface area contributed by atoms with E-state index in [9.17, 15) is 43.2 Å². The lowest BCUT2D eigenvalue weighted by Crippen LogP contribution is -2.30. The van der Waals surface area contributed by atoms with Crippen molar-refractivity contribution in [2.75, 3.05) is 39.6 Å². The second-order valence-electron chi connectivity index (χ2n) is 23.3. The number of carbonyl (C=O) groups excluding carboxylic acids is 4. The molecule has 0 aromatic rings. The zero-order valence-corrected chi connectivity index (χ0v) is 53.3. The summed E-state index contributed by atoms with van der Waals surface area (Å²) >= 11 is 0. The maximum Gasteiger partial charge on any atom is 0.472 e. The van der Waals surface area contributed by atoms with Crippen molar-refractivity contribution in [3.63, 3.8) is 0 Å². The first-order chi connectivity index (χ1) is 38.3. The van der Waals surface area contributed by atoms with Gasteiger partial charge in [0.2, 0.25) is 0 Å². The molecule has 0 radical (unpaired) electrons. The van der Waals surface area contributed by atoms with E-state index in [0.717, 1.165) is 108 Å². The maximum atomic E-state index is 12.9. The summed E-state index contributed by atoms with van der Waals surface area (Å²) in [5.41, 5.74) is 0. The molecule has 0 spiro atoms. The Kier molecular flexibility index (Phi) is 51.3. The van der Waals surface area contributed by atoms with Crippen molar-refractivity contribution in [3.8, 4) is 0 Å². The molecule has 0 bridgehead atoms. The number of ether oxygens (including phenoxy) is 4. The molecule has 0 saturated heterocycles. The number of rotatable bonds is 59. The lowest BCUT2D eigenvalue weighted by molar-refractivity contribution is -0.161. The second kappa shape index (κ2) is 52.6. The summed E-state index contributed by atoms with van der Waals surface area (Å²) in [6.45, 7) is 11.6. The molecule has 0 aromatic heterocycles. The summed E-state index contributed by atoms with van der Waals surface area (Å²) in [5.74, 6) is -0.00189. The number of unbranched alkanes of at least 4 members (excludes halogenated alkanes) is 26. The fraction of sp³-hybridized carbons (Fsp3) is 0.934. The van der Waals surface area contributed by atoms with E-state index in [4.69, 9.17) is 37.0 Å². The van der Waals surface area contributed by atoms with Gasteiger partial charge in [0.1, 0.15) is 19.3 Å². The van der Waals surface area contributed by atoms with E-state index in [1.165, 1.54) is 96.3 Å². The molecule has 19 heteroatoms. The number of aliphatic hydroxyl groups is 1. The molecule has 0 aromatic carbocycles. The Bertz CT molecular complexity index is 1600. The molecule has 0 amide bonds. The minimum atomic E-state index is -4.94. The molecule has 0 aliphatic carbocycles. The summed E-state index contributed by atoms with van der Waals surface area (Å²) in [5, 5.41) is 10.5. The number of carbonyl (C=O) groups is 4. The van der Waals surface area contributed by atoms with E-state index in [1.807, 2.05) is 0 Å². The van der Waals surface area contributed by atoms with Crippen LogP contribution in [0, 0.1) is 17.8 Å². The molecule has 0 aliphatic rings. The van der Waals surface area contributed by atoms with Gasteiger partial charge in [0.05, 0.1) is 26.4 Å². The highest BCUT2D eigenvalue weighted by molar-refractivity contribution is 7.47.